The van der Waals surface area contributed by atoms with Crippen LogP contribution in [0.25, 0.3) is 0 Å². The second kappa shape index (κ2) is 36.9. The van der Waals surface area contributed by atoms with Crippen molar-refractivity contribution in [1.29, 1.82) is 0 Å². The Kier molecular flexibility index (Phi) is 36.3. The first-order valence-electron chi connectivity index (χ1n) is 16.9. The topological polar surface area (TPSA) is 86.8 Å². The fourth-order valence-corrected chi connectivity index (χ4v) is 10.2. The summed E-state index contributed by atoms with van der Waals surface area (Å²) >= 11 is 1.62. The quantitative estimate of drug-likeness (QED) is 0.0732. The third kappa shape index (κ3) is 24.1. The monoisotopic (exact) mass is 844 g/mol. The van der Waals surface area contributed by atoms with Gasteiger partial charge in [-0.15, -0.1) is 0 Å². The van der Waals surface area contributed by atoms with E-state index < -0.39 is 15.8 Å². The molecule has 0 unspecified atom stereocenters. The average Bonchev–Trinajstić information content (AvgIpc) is 3.20. The van der Waals surface area contributed by atoms with Gasteiger partial charge in [0.2, 0.25) is 6.41 Å². The van der Waals surface area contributed by atoms with Gasteiger partial charge in [0.25, 0.3) is 0 Å². The van der Waals surface area contributed by atoms with Crippen LogP contribution < -0.4 is 26.5 Å². The summed E-state index contributed by atoms with van der Waals surface area (Å²) < 4.78 is 0. The third-order valence-corrected chi connectivity index (χ3v) is 13.0. The van der Waals surface area contributed by atoms with Crippen LogP contribution in [0.1, 0.15) is 29.1 Å². The number of nitrogens with zero attached hydrogens (tertiary/aromatic N) is 2. The summed E-state index contributed by atoms with van der Waals surface area (Å²) in [6, 6.07) is 44.4. The summed E-state index contributed by atoms with van der Waals surface area (Å²) in [6.07, 6.45) is 3.57. The summed E-state index contributed by atoms with van der Waals surface area (Å²) in [5.41, 5.74) is 0. The molecule has 0 aliphatic carbocycles. The number of hydrogen-bond donors (Lipinski definition) is 1. The van der Waals surface area contributed by atoms with Crippen LogP contribution in [0, 0.1) is 0 Å². The average molecular weight is 844 g/mol. The van der Waals surface area contributed by atoms with E-state index in [0.717, 1.165) is 45.7 Å². The molecule has 280 valence electrons. The van der Waals surface area contributed by atoms with Gasteiger partial charge in [-0.3, -0.25) is 16.5 Å². The van der Waals surface area contributed by atoms with Crippen molar-refractivity contribution >= 4 is 66.1 Å². The minimum absolute atomic E-state index is 0. The number of carbonyl (C=O) groups is 1. The van der Waals surface area contributed by atoms with Crippen molar-refractivity contribution in [2.45, 2.75) is 27.7 Å². The second-order valence-electron chi connectivity index (χ2n) is 10.6. The van der Waals surface area contributed by atoms with Gasteiger partial charge in [0.05, 0.1) is 49.4 Å². The molecular formula is C40H59ClN3O4P2Ru+3. The molecule has 0 saturated heterocycles. The SMILES string of the molecule is CCN(C=O)CC.CCNCC.CN(CC[PH+](c1ccccc1)c1ccccc1)CC[PH+](c1ccccc1)c1ccccc1.O=C=O.[CH-]=O.[Cl][RuH+2].[HH]. The zero-order chi connectivity index (χ0) is 38.5. The van der Waals surface area contributed by atoms with Crippen LogP contribution in [-0.2, 0) is 36.5 Å². The van der Waals surface area contributed by atoms with Crippen LogP contribution in [0.15, 0.2) is 121 Å². The summed E-state index contributed by atoms with van der Waals surface area (Å²) in [4.78, 5) is 38.1. The van der Waals surface area contributed by atoms with E-state index in [1.807, 2.05) is 13.8 Å². The number of benzene rings is 4. The Labute approximate surface area is 325 Å². The third-order valence-electron chi connectivity index (χ3n) is 7.44. The first-order chi connectivity index (χ1) is 25.0. The van der Waals surface area contributed by atoms with Gasteiger partial charge in [-0.25, -0.2) is 0 Å². The predicted octanol–water partition coefficient (Wildman–Crippen LogP) is 5.56. The molecule has 0 bridgehead atoms. The maximum Gasteiger partial charge on any atom is 0 e. The Morgan fingerprint density at radius 3 is 1.06 bits per heavy atom. The Hall–Kier alpha value is -2.91. The minimum atomic E-state index is -0.769. The van der Waals surface area contributed by atoms with E-state index >= 15 is 0 Å². The molecule has 0 aliphatic rings. The van der Waals surface area contributed by atoms with Crippen molar-refractivity contribution in [2.75, 3.05) is 58.6 Å². The van der Waals surface area contributed by atoms with Crippen molar-refractivity contribution in [3.8, 4) is 0 Å². The van der Waals surface area contributed by atoms with E-state index in [2.05, 4.69) is 169 Å². The Balaban J connectivity index is -0.00000100. The van der Waals surface area contributed by atoms with Gasteiger partial charge in [-0.1, -0.05) is 86.6 Å². The van der Waals surface area contributed by atoms with E-state index in [0.29, 0.717) is 0 Å². The molecule has 4 rings (SSSR count). The van der Waals surface area contributed by atoms with Crippen LogP contribution in [0.3, 0.4) is 0 Å². The molecule has 4 aromatic carbocycles. The van der Waals surface area contributed by atoms with Crippen LogP contribution in [0.4, 0.5) is 0 Å². The van der Waals surface area contributed by atoms with E-state index in [9.17, 15) is 4.79 Å². The zero-order valence-electron chi connectivity index (χ0n) is 30.6. The van der Waals surface area contributed by atoms with E-state index in [-0.39, 0.29) is 7.58 Å². The van der Waals surface area contributed by atoms with Crippen molar-refractivity contribution in [3.05, 3.63) is 121 Å². The molecule has 1 N–H and O–H groups in total. The van der Waals surface area contributed by atoms with Gasteiger partial charge in [0.15, 0.2) is 0 Å². The van der Waals surface area contributed by atoms with Crippen molar-refractivity contribution < 1.29 is 37.9 Å². The summed E-state index contributed by atoms with van der Waals surface area (Å²) in [5, 5.41) is 9.15. The maximum atomic E-state index is 9.89. The smallest absolute Gasteiger partial charge is 0 e. The van der Waals surface area contributed by atoms with E-state index in [1.54, 1.807) is 22.2 Å². The summed E-state index contributed by atoms with van der Waals surface area (Å²) in [6.45, 7) is 17.5. The first-order valence-corrected chi connectivity index (χ1v) is 22.7. The van der Waals surface area contributed by atoms with Gasteiger partial charge >= 0.3 is 33.2 Å². The normalized spacial score (nSPS) is 9.45. The van der Waals surface area contributed by atoms with Gasteiger partial charge < -0.3 is 15.0 Å². The molecule has 0 radical (unpaired) electrons. The van der Waals surface area contributed by atoms with Gasteiger partial charge in [0, 0.05) is 27.6 Å². The largest absolute Gasteiger partial charge is 0 e. The van der Waals surface area contributed by atoms with Crippen LogP contribution in [-0.4, -0.2) is 87.8 Å². The number of carbonyl (C=O) groups excluding carboxylic acids is 4. The second-order valence-corrected chi connectivity index (χ2v) is 15.8. The number of rotatable bonds is 15. The summed E-state index contributed by atoms with van der Waals surface area (Å²) in [7, 11) is 5.37. The molecule has 0 saturated carbocycles. The number of hydrogen-bond acceptors (Lipinski definition) is 6. The van der Waals surface area contributed by atoms with Crippen molar-refractivity contribution in [1.82, 2.24) is 15.1 Å². The van der Waals surface area contributed by atoms with Crippen LogP contribution >= 0.6 is 25.5 Å². The fraction of sp³-hybridized carbons (Fsp3) is 0.325. The Bertz CT molecular complexity index is 1200. The number of nitrogens with one attached hydrogen (secondary N) is 1. The molecule has 0 heterocycles. The van der Waals surface area contributed by atoms with Crippen molar-refractivity contribution in [3.63, 3.8) is 0 Å². The molecular weight excluding hydrogens is 785 g/mol. The number of amides is 1. The van der Waals surface area contributed by atoms with Gasteiger partial charge in [-0.2, -0.15) is 9.59 Å². The van der Waals surface area contributed by atoms with Gasteiger partial charge in [-0.05, 0) is 82.5 Å². The minimum Gasteiger partial charge on any atom is 0 e. The van der Waals surface area contributed by atoms with Crippen molar-refractivity contribution in [2.24, 2.45) is 0 Å². The standard InChI is InChI=1S/C29H31NP2.C5H11NO.C4H11N.CO2.CHO.ClH.Ru.H2.H/c1-30(22-24-31(26-14-6-2-7-15-26)27-16-8-3-9-17-27)23-25-32(28-18-10-4-11-19-28)29-20-12-5-13-21-29;1-3-6(4-2)5-7;1-3-5-4-2;2-1-3;1-2;;;;/h2-21H,22-25H2,1H3;5H,3-4H2,1-2H3;5H,3-4H2,1-2H3;;1H;1H;;1H;/q;;;;-1;;+3;;/p+1. The van der Waals surface area contributed by atoms with E-state index in [4.69, 9.17) is 14.4 Å². The molecule has 11 heteroatoms. The summed E-state index contributed by atoms with van der Waals surface area (Å²) in [5.74, 6) is 0. The zero-order valence-corrected chi connectivity index (χ0v) is 35.3. The van der Waals surface area contributed by atoms with Crippen LogP contribution in [0.5, 0.6) is 0 Å². The van der Waals surface area contributed by atoms with Crippen LogP contribution in [0.2, 0.25) is 0 Å². The molecule has 0 aromatic heterocycles. The molecule has 1 amide bonds. The first kappa shape index (κ1) is 50.2. The Morgan fingerprint density at radius 1 is 0.647 bits per heavy atom. The fourth-order valence-electron chi connectivity index (χ4n) is 4.81. The Morgan fingerprint density at radius 2 is 0.902 bits per heavy atom. The maximum absolute atomic E-state index is 9.89. The molecule has 0 aliphatic heterocycles. The van der Waals surface area contributed by atoms with E-state index in [1.165, 1.54) is 33.5 Å². The predicted molar refractivity (Wildman–Crippen MR) is 222 cm³/mol. The number of halogens is 1. The van der Waals surface area contributed by atoms with Gasteiger partial charge in [0.1, 0.15) is 0 Å². The molecule has 7 nitrogen and oxygen atoms in total. The molecule has 0 spiro atoms. The molecule has 51 heavy (non-hydrogen) atoms. The molecule has 0 atom stereocenters. The molecule has 4 aromatic rings. The molecule has 0 fully saturated rings.